The van der Waals surface area contributed by atoms with E-state index in [0.29, 0.717) is 12.4 Å². The van der Waals surface area contributed by atoms with Crippen LogP contribution in [0.4, 0.5) is 0 Å². The van der Waals surface area contributed by atoms with Crippen molar-refractivity contribution in [3.63, 3.8) is 0 Å². The van der Waals surface area contributed by atoms with E-state index in [1.165, 1.54) is 0 Å². The lowest BCUT2D eigenvalue weighted by molar-refractivity contribution is 0.414. The summed E-state index contributed by atoms with van der Waals surface area (Å²) in [4.78, 5) is 4.37. The molecule has 3 aromatic rings. The van der Waals surface area contributed by atoms with Gasteiger partial charge in [-0.05, 0) is 23.3 Å². The fourth-order valence-corrected chi connectivity index (χ4v) is 2.34. The van der Waals surface area contributed by atoms with Crippen LogP contribution in [-0.4, -0.2) is 21.9 Å². The zero-order valence-corrected chi connectivity index (χ0v) is 13.0. The number of halogens is 1. The monoisotopic (exact) mass is 313 g/mol. The molecule has 1 heterocycles. The summed E-state index contributed by atoms with van der Waals surface area (Å²) in [5.41, 5.74) is 3.22. The van der Waals surface area contributed by atoms with Crippen LogP contribution in [0.5, 0.6) is 5.75 Å². The van der Waals surface area contributed by atoms with Crippen LogP contribution in [0.1, 0.15) is 11.1 Å². The molecule has 0 amide bonds. The average molecular weight is 314 g/mol. The SMILES string of the molecule is COc1ccc(Cn2cnc(-c3ccc(CCl)cc3)n2)cc1. The Morgan fingerprint density at radius 2 is 1.68 bits per heavy atom. The van der Waals surface area contributed by atoms with Gasteiger partial charge in [-0.3, -0.25) is 0 Å². The van der Waals surface area contributed by atoms with E-state index in [-0.39, 0.29) is 0 Å². The van der Waals surface area contributed by atoms with Gasteiger partial charge in [0.15, 0.2) is 5.82 Å². The lowest BCUT2D eigenvalue weighted by Gasteiger charge is -2.03. The Morgan fingerprint density at radius 1 is 1.00 bits per heavy atom. The van der Waals surface area contributed by atoms with Gasteiger partial charge in [-0.2, -0.15) is 5.10 Å². The van der Waals surface area contributed by atoms with Crippen LogP contribution in [0.3, 0.4) is 0 Å². The third-order valence-electron chi connectivity index (χ3n) is 3.41. The summed E-state index contributed by atoms with van der Waals surface area (Å²) in [6.45, 7) is 0.677. The van der Waals surface area contributed by atoms with Gasteiger partial charge in [0, 0.05) is 11.4 Å². The van der Waals surface area contributed by atoms with E-state index in [0.717, 1.165) is 28.3 Å². The van der Waals surface area contributed by atoms with Gasteiger partial charge in [-0.1, -0.05) is 36.4 Å². The minimum Gasteiger partial charge on any atom is -0.497 e. The Bertz CT molecular complexity index is 735. The van der Waals surface area contributed by atoms with Crippen LogP contribution < -0.4 is 4.74 Å². The first-order valence-electron chi connectivity index (χ1n) is 6.96. The molecule has 2 aromatic carbocycles. The van der Waals surface area contributed by atoms with Crippen LogP contribution in [0, 0.1) is 0 Å². The topological polar surface area (TPSA) is 39.9 Å². The van der Waals surface area contributed by atoms with Gasteiger partial charge >= 0.3 is 0 Å². The Kier molecular flexibility index (Phi) is 4.39. The van der Waals surface area contributed by atoms with Gasteiger partial charge in [-0.15, -0.1) is 11.6 Å². The number of benzene rings is 2. The fraction of sp³-hybridized carbons (Fsp3) is 0.176. The van der Waals surface area contributed by atoms with E-state index in [1.54, 1.807) is 13.4 Å². The highest BCUT2D eigenvalue weighted by atomic mass is 35.5. The lowest BCUT2D eigenvalue weighted by atomic mass is 10.1. The van der Waals surface area contributed by atoms with Crippen LogP contribution in [0.15, 0.2) is 54.9 Å². The van der Waals surface area contributed by atoms with E-state index in [2.05, 4.69) is 10.1 Å². The van der Waals surface area contributed by atoms with Gasteiger partial charge in [0.25, 0.3) is 0 Å². The molecule has 0 aliphatic carbocycles. The second-order valence-corrected chi connectivity index (χ2v) is 5.21. The van der Waals surface area contributed by atoms with Gasteiger partial charge in [0.05, 0.1) is 13.7 Å². The highest BCUT2D eigenvalue weighted by molar-refractivity contribution is 6.17. The smallest absolute Gasteiger partial charge is 0.181 e. The maximum absolute atomic E-state index is 5.80. The molecule has 22 heavy (non-hydrogen) atoms. The van der Waals surface area contributed by atoms with Crippen molar-refractivity contribution in [2.24, 2.45) is 0 Å². The maximum Gasteiger partial charge on any atom is 0.181 e. The molecule has 0 atom stereocenters. The van der Waals surface area contributed by atoms with Crippen molar-refractivity contribution < 1.29 is 4.74 Å². The first kappa shape index (κ1) is 14.6. The first-order valence-corrected chi connectivity index (χ1v) is 7.49. The number of aromatic nitrogens is 3. The molecule has 0 radical (unpaired) electrons. The number of rotatable bonds is 5. The van der Waals surface area contributed by atoms with Crippen molar-refractivity contribution in [2.75, 3.05) is 7.11 Å². The highest BCUT2D eigenvalue weighted by Crippen LogP contribution is 2.17. The zero-order valence-electron chi connectivity index (χ0n) is 12.2. The minimum absolute atomic E-state index is 0.514. The molecule has 0 aliphatic heterocycles. The molecule has 5 heteroatoms. The number of hydrogen-bond donors (Lipinski definition) is 0. The molecular weight excluding hydrogens is 298 g/mol. The second-order valence-electron chi connectivity index (χ2n) is 4.94. The van der Waals surface area contributed by atoms with Crippen molar-refractivity contribution >= 4 is 11.6 Å². The Morgan fingerprint density at radius 3 is 2.32 bits per heavy atom. The van der Waals surface area contributed by atoms with E-state index in [9.17, 15) is 0 Å². The van der Waals surface area contributed by atoms with Gasteiger partial charge < -0.3 is 4.74 Å². The normalized spacial score (nSPS) is 10.6. The maximum atomic E-state index is 5.80. The zero-order chi connectivity index (χ0) is 15.4. The highest BCUT2D eigenvalue weighted by Gasteiger charge is 2.05. The molecule has 1 aromatic heterocycles. The number of hydrogen-bond acceptors (Lipinski definition) is 3. The molecule has 0 fully saturated rings. The summed E-state index contributed by atoms with van der Waals surface area (Å²) < 4.78 is 6.98. The molecular formula is C17H16ClN3O. The van der Waals surface area contributed by atoms with Crippen LogP contribution in [0.2, 0.25) is 0 Å². The van der Waals surface area contributed by atoms with Crippen LogP contribution >= 0.6 is 11.6 Å². The van der Waals surface area contributed by atoms with Crippen molar-refractivity contribution in [1.82, 2.24) is 14.8 Å². The summed E-state index contributed by atoms with van der Waals surface area (Å²) in [7, 11) is 1.66. The van der Waals surface area contributed by atoms with Crippen molar-refractivity contribution in [1.29, 1.82) is 0 Å². The standard InChI is InChI=1S/C17H16ClN3O/c1-22-16-8-4-14(5-9-16)11-21-12-19-17(20-21)15-6-2-13(10-18)3-7-15/h2-9,12H,10-11H2,1H3. The quantitative estimate of drug-likeness (QED) is 0.674. The fourth-order valence-electron chi connectivity index (χ4n) is 2.16. The minimum atomic E-state index is 0.514. The Hall–Kier alpha value is -2.33. The molecule has 112 valence electrons. The summed E-state index contributed by atoms with van der Waals surface area (Å²) in [6, 6.07) is 15.9. The molecule has 0 saturated carbocycles. The third-order valence-corrected chi connectivity index (χ3v) is 3.72. The predicted octanol–water partition coefficient (Wildman–Crippen LogP) is 3.74. The average Bonchev–Trinajstić information content (AvgIpc) is 3.04. The number of alkyl halides is 1. The molecule has 3 rings (SSSR count). The number of ether oxygens (including phenoxy) is 1. The number of nitrogens with zero attached hydrogens (tertiary/aromatic N) is 3. The largest absolute Gasteiger partial charge is 0.497 e. The summed E-state index contributed by atoms with van der Waals surface area (Å²) in [5.74, 6) is 2.08. The molecule has 0 spiro atoms. The van der Waals surface area contributed by atoms with E-state index >= 15 is 0 Å². The molecule has 0 aliphatic rings. The lowest BCUT2D eigenvalue weighted by Crippen LogP contribution is -2.00. The van der Waals surface area contributed by atoms with Crippen molar-refractivity contribution in [2.45, 2.75) is 12.4 Å². The predicted molar refractivity (Wildman–Crippen MR) is 87.1 cm³/mol. The van der Waals surface area contributed by atoms with E-state index in [1.807, 2.05) is 53.2 Å². The molecule has 4 nitrogen and oxygen atoms in total. The van der Waals surface area contributed by atoms with Crippen LogP contribution in [-0.2, 0) is 12.4 Å². The second kappa shape index (κ2) is 6.62. The first-order chi connectivity index (χ1) is 10.8. The van der Waals surface area contributed by atoms with Crippen LogP contribution in [0.25, 0.3) is 11.4 Å². The van der Waals surface area contributed by atoms with Crippen molar-refractivity contribution in [3.8, 4) is 17.1 Å². The summed E-state index contributed by atoms with van der Waals surface area (Å²) in [6.07, 6.45) is 1.75. The van der Waals surface area contributed by atoms with E-state index < -0.39 is 0 Å². The third kappa shape index (κ3) is 3.28. The molecule has 0 unspecified atom stereocenters. The molecule has 0 bridgehead atoms. The number of methoxy groups -OCH3 is 1. The summed E-state index contributed by atoms with van der Waals surface area (Å²) >= 11 is 5.80. The Labute approximate surface area is 134 Å². The molecule has 0 N–H and O–H groups in total. The van der Waals surface area contributed by atoms with E-state index in [4.69, 9.17) is 16.3 Å². The van der Waals surface area contributed by atoms with Gasteiger partial charge in [0.1, 0.15) is 12.1 Å². The van der Waals surface area contributed by atoms with Gasteiger partial charge in [0.2, 0.25) is 0 Å². The van der Waals surface area contributed by atoms with Gasteiger partial charge in [-0.25, -0.2) is 9.67 Å². The molecule has 0 saturated heterocycles. The van der Waals surface area contributed by atoms with Crippen molar-refractivity contribution in [3.05, 3.63) is 66.0 Å². The Balaban J connectivity index is 1.74. The summed E-state index contributed by atoms with van der Waals surface area (Å²) in [5, 5.41) is 4.52.